The lowest BCUT2D eigenvalue weighted by molar-refractivity contribution is -0.395. The topological polar surface area (TPSA) is 12.2 Å². The van der Waals surface area contributed by atoms with Gasteiger partial charge in [-0.25, -0.2) is 4.58 Å². The van der Waals surface area contributed by atoms with Crippen molar-refractivity contribution >= 4 is 28.8 Å². The molecule has 0 spiro atoms. The van der Waals surface area contributed by atoms with Crippen LogP contribution in [0.1, 0.15) is 69.4 Å². The molecule has 3 aromatic carbocycles. The van der Waals surface area contributed by atoms with Crippen molar-refractivity contribution in [3.05, 3.63) is 131 Å². The van der Waals surface area contributed by atoms with Crippen molar-refractivity contribution in [1.29, 1.82) is 0 Å². The molecule has 0 amide bonds. The Balaban J connectivity index is 1.54. The second-order valence-electron chi connectivity index (χ2n) is 12.3. The molecule has 0 saturated carbocycles. The van der Waals surface area contributed by atoms with Crippen molar-refractivity contribution in [2.75, 3.05) is 7.05 Å². The molecule has 3 aromatic rings. The molecule has 0 unspecified atom stereocenters. The number of nitrogens with zero attached hydrogens (tertiary/aromatic N) is 1. The van der Waals surface area contributed by atoms with E-state index in [2.05, 4.69) is 156 Å². The van der Waals surface area contributed by atoms with Crippen molar-refractivity contribution in [3.8, 4) is 0 Å². The van der Waals surface area contributed by atoms with Crippen LogP contribution in [-0.2, 0) is 15.6 Å². The standard InChI is InChI=1S/C36H38NO/c1-35(2,3)29-17-12-25(13-18-29)28-22-31(21-16-27-24-37(7)33-11-9-8-10-32(27)33)38-34(23-28)26-14-19-30(20-15-26)36(4,5)6/h8-24H,1-7H3/q+1/b27-16+,31-21+. The summed E-state index contributed by atoms with van der Waals surface area (Å²) in [7, 11) is 2.09. The summed E-state index contributed by atoms with van der Waals surface area (Å²) in [5.74, 6) is 1.69. The molecular formula is C36H38NO+. The van der Waals surface area contributed by atoms with E-state index in [9.17, 15) is 0 Å². The van der Waals surface area contributed by atoms with Gasteiger partial charge < -0.3 is 4.74 Å². The smallest absolute Gasteiger partial charge is 0.213 e. The second kappa shape index (κ2) is 9.76. The Morgan fingerprint density at radius 2 is 1.24 bits per heavy atom. The van der Waals surface area contributed by atoms with E-state index in [4.69, 9.17) is 4.74 Å². The molecule has 0 fully saturated rings. The van der Waals surface area contributed by atoms with Gasteiger partial charge >= 0.3 is 0 Å². The van der Waals surface area contributed by atoms with E-state index < -0.39 is 0 Å². The van der Waals surface area contributed by atoms with Crippen molar-refractivity contribution in [3.63, 3.8) is 0 Å². The third-order valence-corrected chi connectivity index (χ3v) is 7.29. The van der Waals surface area contributed by atoms with E-state index in [1.54, 1.807) is 0 Å². The number of ether oxygens (including phenoxy) is 1. The number of para-hydroxylation sites is 1. The fraction of sp³-hybridized carbons (Fsp3) is 0.250. The minimum absolute atomic E-state index is 0.110. The SMILES string of the molecule is C[N+]1=C/C(=C\C=C2/C=C(c3ccc(C(C)(C)C)cc3)C=C(c3ccc(C(C)(C)C)cc3)O2)c2ccccc21. The van der Waals surface area contributed by atoms with E-state index in [0.29, 0.717) is 0 Å². The molecule has 0 bridgehead atoms. The first-order chi connectivity index (χ1) is 18.0. The summed E-state index contributed by atoms with van der Waals surface area (Å²) >= 11 is 0. The molecule has 0 saturated heterocycles. The summed E-state index contributed by atoms with van der Waals surface area (Å²) in [5.41, 5.74) is 9.90. The number of rotatable bonds is 3. The number of allylic oxidation sites excluding steroid dienone is 6. The molecule has 0 N–H and O–H groups in total. The fourth-order valence-electron chi connectivity index (χ4n) is 4.89. The summed E-state index contributed by atoms with van der Waals surface area (Å²) in [6, 6.07) is 26.2. The molecule has 0 radical (unpaired) electrons. The van der Waals surface area contributed by atoms with E-state index in [1.165, 1.54) is 33.5 Å². The molecule has 2 aliphatic rings. The van der Waals surface area contributed by atoms with Crippen LogP contribution in [-0.4, -0.2) is 17.8 Å². The predicted molar refractivity (Wildman–Crippen MR) is 162 cm³/mol. The van der Waals surface area contributed by atoms with Gasteiger partial charge in [0.05, 0.1) is 11.1 Å². The average molecular weight is 501 g/mol. The lowest BCUT2D eigenvalue weighted by atomic mass is 9.86. The zero-order valence-electron chi connectivity index (χ0n) is 23.7. The van der Waals surface area contributed by atoms with Crippen LogP contribution in [0.5, 0.6) is 0 Å². The summed E-state index contributed by atoms with van der Waals surface area (Å²) in [6.07, 6.45) is 10.7. The largest absolute Gasteiger partial charge is 0.457 e. The Bertz CT molecular complexity index is 1510. The normalized spacial score (nSPS) is 17.6. The van der Waals surface area contributed by atoms with Gasteiger partial charge in [0.25, 0.3) is 0 Å². The maximum atomic E-state index is 6.48. The molecule has 5 rings (SSSR count). The highest BCUT2D eigenvalue weighted by atomic mass is 16.5. The molecule has 38 heavy (non-hydrogen) atoms. The van der Waals surface area contributed by atoms with Gasteiger partial charge in [-0.05, 0) is 63.5 Å². The number of benzene rings is 3. The third kappa shape index (κ3) is 5.36. The Hall–Kier alpha value is -3.91. The van der Waals surface area contributed by atoms with Gasteiger partial charge in [-0.3, -0.25) is 0 Å². The van der Waals surface area contributed by atoms with Gasteiger partial charge in [0, 0.05) is 11.6 Å². The minimum Gasteiger partial charge on any atom is -0.457 e. The Kier molecular flexibility index (Phi) is 6.61. The zero-order valence-corrected chi connectivity index (χ0v) is 23.7. The summed E-state index contributed by atoms with van der Waals surface area (Å²) in [6.45, 7) is 13.5. The average Bonchev–Trinajstić information content (AvgIpc) is 3.22. The Morgan fingerprint density at radius 3 is 1.84 bits per heavy atom. The van der Waals surface area contributed by atoms with Gasteiger partial charge in [-0.2, -0.15) is 0 Å². The fourth-order valence-corrected chi connectivity index (χ4v) is 4.89. The molecule has 2 nitrogen and oxygen atoms in total. The quantitative estimate of drug-likeness (QED) is 0.327. The van der Waals surface area contributed by atoms with E-state index >= 15 is 0 Å². The number of hydrogen-bond donors (Lipinski definition) is 0. The lowest BCUT2D eigenvalue weighted by Gasteiger charge is -2.22. The Morgan fingerprint density at radius 1 is 0.658 bits per heavy atom. The highest BCUT2D eigenvalue weighted by Gasteiger charge is 2.22. The first-order valence-electron chi connectivity index (χ1n) is 13.4. The molecule has 2 heterocycles. The van der Waals surface area contributed by atoms with Gasteiger partial charge in [0.15, 0.2) is 6.21 Å². The lowest BCUT2D eigenvalue weighted by Crippen LogP contribution is -2.11. The van der Waals surface area contributed by atoms with Crippen molar-refractivity contribution in [2.24, 2.45) is 0 Å². The molecule has 2 heteroatoms. The highest BCUT2D eigenvalue weighted by molar-refractivity contribution is 6.12. The maximum Gasteiger partial charge on any atom is 0.213 e. The highest BCUT2D eigenvalue weighted by Crippen LogP contribution is 2.35. The van der Waals surface area contributed by atoms with Crippen LogP contribution in [0.15, 0.2) is 103 Å². The Labute approximate surface area is 228 Å². The van der Waals surface area contributed by atoms with Crippen molar-refractivity contribution < 1.29 is 9.31 Å². The van der Waals surface area contributed by atoms with Gasteiger partial charge in [-0.1, -0.05) is 102 Å². The number of hydrogen-bond acceptors (Lipinski definition) is 1. The first-order valence-corrected chi connectivity index (χ1v) is 13.4. The molecule has 0 atom stereocenters. The van der Waals surface area contributed by atoms with Crippen LogP contribution in [0.3, 0.4) is 0 Å². The van der Waals surface area contributed by atoms with Crippen LogP contribution in [0.4, 0.5) is 5.69 Å². The van der Waals surface area contributed by atoms with Crippen LogP contribution >= 0.6 is 0 Å². The van der Waals surface area contributed by atoms with Crippen LogP contribution in [0, 0.1) is 0 Å². The van der Waals surface area contributed by atoms with E-state index in [1.807, 2.05) is 0 Å². The third-order valence-electron chi connectivity index (χ3n) is 7.29. The maximum absolute atomic E-state index is 6.48. The molecular weight excluding hydrogens is 462 g/mol. The summed E-state index contributed by atoms with van der Waals surface area (Å²) < 4.78 is 8.64. The van der Waals surface area contributed by atoms with Crippen LogP contribution in [0.2, 0.25) is 0 Å². The van der Waals surface area contributed by atoms with Crippen molar-refractivity contribution in [1.82, 2.24) is 0 Å². The minimum atomic E-state index is 0.110. The van der Waals surface area contributed by atoms with Gasteiger partial charge in [0.1, 0.15) is 18.6 Å². The monoisotopic (exact) mass is 500 g/mol. The van der Waals surface area contributed by atoms with Gasteiger partial charge in [-0.15, -0.1) is 0 Å². The molecule has 192 valence electrons. The summed E-state index contributed by atoms with van der Waals surface area (Å²) in [5, 5.41) is 0. The summed E-state index contributed by atoms with van der Waals surface area (Å²) in [4.78, 5) is 0. The number of fused-ring (bicyclic) bond motifs is 1. The molecule has 2 aliphatic heterocycles. The predicted octanol–water partition coefficient (Wildman–Crippen LogP) is 9.06. The van der Waals surface area contributed by atoms with Crippen LogP contribution in [0.25, 0.3) is 16.9 Å². The molecule has 0 aromatic heterocycles. The van der Waals surface area contributed by atoms with E-state index in [0.717, 1.165) is 22.7 Å². The van der Waals surface area contributed by atoms with Crippen LogP contribution < -0.4 is 0 Å². The molecule has 0 aliphatic carbocycles. The second-order valence-corrected chi connectivity index (χ2v) is 12.3. The zero-order chi connectivity index (χ0) is 27.1. The van der Waals surface area contributed by atoms with Gasteiger partial charge in [0.2, 0.25) is 5.69 Å². The van der Waals surface area contributed by atoms with Crippen molar-refractivity contribution in [2.45, 2.75) is 52.4 Å². The first kappa shape index (κ1) is 25.7. The van der Waals surface area contributed by atoms with E-state index in [-0.39, 0.29) is 10.8 Å².